The van der Waals surface area contributed by atoms with Crippen molar-refractivity contribution in [1.29, 1.82) is 0 Å². The first-order valence-corrected chi connectivity index (χ1v) is 18.8. The fourth-order valence-electron chi connectivity index (χ4n) is 9.58. The fourth-order valence-corrected chi connectivity index (χ4v) is 9.58. The summed E-state index contributed by atoms with van der Waals surface area (Å²) in [5, 5.41) is 7.34. The van der Waals surface area contributed by atoms with Gasteiger partial charge < -0.3 is 13.6 Å². The molecule has 1 aliphatic carbocycles. The summed E-state index contributed by atoms with van der Waals surface area (Å²) in [6.45, 7) is 4.73. The van der Waals surface area contributed by atoms with Crippen molar-refractivity contribution in [1.82, 2.24) is 9.13 Å². The van der Waals surface area contributed by atoms with Gasteiger partial charge in [0.15, 0.2) is 0 Å². The van der Waals surface area contributed by atoms with Crippen LogP contribution in [-0.2, 0) is 5.41 Å². The topological polar surface area (TPSA) is 23.0 Å². The van der Waals surface area contributed by atoms with E-state index < -0.39 is 0 Å². The smallest absolute Gasteiger partial charge is 0.143 e. The maximum atomic E-state index is 6.45. The van der Waals surface area contributed by atoms with Crippen LogP contribution in [0, 0.1) is 0 Å². The van der Waals surface area contributed by atoms with E-state index in [-0.39, 0.29) is 5.41 Å². The molecule has 54 heavy (non-hydrogen) atoms. The molecule has 1 aliphatic rings. The Labute approximate surface area is 311 Å². The zero-order chi connectivity index (χ0) is 35.7. The first kappa shape index (κ1) is 29.7. The molecule has 0 unspecified atom stereocenters. The summed E-state index contributed by atoms with van der Waals surface area (Å²) in [7, 11) is 0. The van der Waals surface area contributed by atoms with E-state index >= 15 is 0 Å². The predicted octanol–water partition coefficient (Wildman–Crippen LogP) is 13.8. The SMILES string of the molecule is CC1(C)c2ccccc2-c2cc3c(cc21)c1ccc(-n2c4ccccc4c4ccccc42)cc1n3-c1ccc(-c2cccc3c2oc2ccccc23)cc1. The van der Waals surface area contributed by atoms with Crippen LogP contribution in [0.2, 0.25) is 0 Å². The Morgan fingerprint density at radius 3 is 1.78 bits per heavy atom. The maximum absolute atomic E-state index is 6.45. The Bertz CT molecular complexity index is 3300. The standard InChI is InChI=1S/C51H34N2O/c1-51(2)43-18-7-3-12-35(43)41-30-48-42(29-44(41)51)38-27-26-33(53-45-19-8-4-13-36(45)37-14-5-9-20-46(37)53)28-47(38)52(48)32-24-22-31(23-25-32)34-16-11-17-40-39-15-6-10-21-49(39)54-50(34)40/h3-30H,1-2H3. The summed E-state index contributed by atoms with van der Waals surface area (Å²) in [6.07, 6.45) is 0. The third kappa shape index (κ3) is 3.91. The van der Waals surface area contributed by atoms with Crippen molar-refractivity contribution in [3.05, 3.63) is 181 Å². The second kappa shape index (κ2) is 10.6. The molecule has 0 saturated heterocycles. The minimum absolute atomic E-state index is 0.0865. The number of hydrogen-bond acceptors (Lipinski definition) is 1. The normalized spacial score (nSPS) is 13.5. The lowest BCUT2D eigenvalue weighted by atomic mass is 9.82. The number of furan rings is 1. The molecule has 8 aromatic carbocycles. The van der Waals surface area contributed by atoms with Crippen molar-refractivity contribution in [3.8, 4) is 33.6 Å². The predicted molar refractivity (Wildman–Crippen MR) is 225 cm³/mol. The average molecular weight is 691 g/mol. The van der Waals surface area contributed by atoms with Gasteiger partial charge in [0.1, 0.15) is 11.2 Å². The number of benzene rings is 8. The van der Waals surface area contributed by atoms with Crippen LogP contribution in [0.5, 0.6) is 0 Å². The van der Waals surface area contributed by atoms with Gasteiger partial charge in [0, 0.05) is 54.7 Å². The zero-order valence-corrected chi connectivity index (χ0v) is 30.0. The van der Waals surface area contributed by atoms with Gasteiger partial charge in [-0.15, -0.1) is 0 Å². The minimum Gasteiger partial charge on any atom is -0.455 e. The molecule has 254 valence electrons. The van der Waals surface area contributed by atoms with Crippen molar-refractivity contribution in [2.75, 3.05) is 0 Å². The average Bonchev–Trinajstić information content (AvgIpc) is 3.92. The second-order valence-corrected chi connectivity index (χ2v) is 15.3. The van der Waals surface area contributed by atoms with Crippen LogP contribution in [0.25, 0.3) is 99.2 Å². The van der Waals surface area contributed by atoms with E-state index in [2.05, 4.69) is 181 Å². The lowest BCUT2D eigenvalue weighted by Crippen LogP contribution is -2.14. The Hall–Kier alpha value is -6.84. The third-order valence-electron chi connectivity index (χ3n) is 12.1. The molecule has 0 saturated carbocycles. The fraction of sp³-hybridized carbons (Fsp3) is 0.0588. The summed E-state index contributed by atoms with van der Waals surface area (Å²) in [4.78, 5) is 0. The molecule has 12 rings (SSSR count). The number of rotatable bonds is 3. The maximum Gasteiger partial charge on any atom is 0.143 e. The molecular weight excluding hydrogens is 657 g/mol. The Morgan fingerprint density at radius 1 is 0.389 bits per heavy atom. The minimum atomic E-state index is -0.0865. The lowest BCUT2D eigenvalue weighted by molar-refractivity contribution is 0.661. The van der Waals surface area contributed by atoms with E-state index in [0.29, 0.717) is 0 Å². The Morgan fingerprint density at radius 2 is 0.981 bits per heavy atom. The third-order valence-corrected chi connectivity index (χ3v) is 12.1. The Balaban J connectivity index is 1.12. The van der Waals surface area contributed by atoms with Crippen LogP contribution in [-0.4, -0.2) is 9.13 Å². The van der Waals surface area contributed by atoms with Crippen LogP contribution in [0.15, 0.2) is 174 Å². The van der Waals surface area contributed by atoms with Gasteiger partial charge in [-0.1, -0.05) is 129 Å². The van der Waals surface area contributed by atoms with Crippen molar-refractivity contribution >= 4 is 65.6 Å². The molecule has 3 heteroatoms. The quantitative estimate of drug-likeness (QED) is 0.181. The molecule has 3 nitrogen and oxygen atoms in total. The summed E-state index contributed by atoms with van der Waals surface area (Å²) in [5.41, 5.74) is 16.5. The molecule has 0 N–H and O–H groups in total. The van der Waals surface area contributed by atoms with Gasteiger partial charge in [-0.3, -0.25) is 0 Å². The van der Waals surface area contributed by atoms with Gasteiger partial charge in [-0.25, -0.2) is 0 Å². The highest BCUT2D eigenvalue weighted by Gasteiger charge is 2.36. The zero-order valence-electron chi connectivity index (χ0n) is 30.0. The van der Waals surface area contributed by atoms with Crippen molar-refractivity contribution in [2.24, 2.45) is 0 Å². The van der Waals surface area contributed by atoms with Crippen LogP contribution in [0.1, 0.15) is 25.0 Å². The molecule has 0 aliphatic heterocycles. The van der Waals surface area contributed by atoms with Gasteiger partial charge in [-0.2, -0.15) is 0 Å². The van der Waals surface area contributed by atoms with Crippen molar-refractivity contribution in [3.63, 3.8) is 0 Å². The number of para-hydroxylation sites is 4. The molecule has 0 radical (unpaired) electrons. The number of hydrogen-bond donors (Lipinski definition) is 0. The summed E-state index contributed by atoms with van der Waals surface area (Å²) >= 11 is 0. The number of nitrogens with zero attached hydrogens (tertiary/aromatic N) is 2. The number of fused-ring (bicyclic) bond motifs is 12. The van der Waals surface area contributed by atoms with Crippen LogP contribution < -0.4 is 0 Å². The molecule has 0 spiro atoms. The van der Waals surface area contributed by atoms with E-state index in [1.54, 1.807) is 0 Å². The largest absolute Gasteiger partial charge is 0.455 e. The highest BCUT2D eigenvalue weighted by atomic mass is 16.3. The summed E-state index contributed by atoms with van der Waals surface area (Å²) < 4.78 is 11.3. The highest BCUT2D eigenvalue weighted by Crippen LogP contribution is 2.51. The molecule has 3 heterocycles. The summed E-state index contributed by atoms with van der Waals surface area (Å²) in [5.74, 6) is 0. The molecular formula is C51H34N2O. The molecule has 0 bridgehead atoms. The van der Waals surface area contributed by atoms with Crippen molar-refractivity contribution < 1.29 is 4.42 Å². The summed E-state index contributed by atoms with van der Waals surface area (Å²) in [6, 6.07) is 62.2. The lowest BCUT2D eigenvalue weighted by Gasteiger charge is -2.21. The van der Waals surface area contributed by atoms with E-state index in [4.69, 9.17) is 4.42 Å². The number of aromatic nitrogens is 2. The van der Waals surface area contributed by atoms with Crippen LogP contribution in [0.4, 0.5) is 0 Å². The van der Waals surface area contributed by atoms with Crippen LogP contribution in [0.3, 0.4) is 0 Å². The van der Waals surface area contributed by atoms with E-state index in [0.717, 1.165) is 44.4 Å². The van der Waals surface area contributed by atoms with Gasteiger partial charge in [0.05, 0.1) is 22.1 Å². The molecule has 0 atom stereocenters. The highest BCUT2D eigenvalue weighted by molar-refractivity contribution is 6.14. The van der Waals surface area contributed by atoms with Gasteiger partial charge in [0.25, 0.3) is 0 Å². The van der Waals surface area contributed by atoms with Crippen LogP contribution >= 0.6 is 0 Å². The molecule has 3 aromatic heterocycles. The van der Waals surface area contributed by atoms with Crippen molar-refractivity contribution in [2.45, 2.75) is 19.3 Å². The Kier molecular flexibility index (Phi) is 5.84. The molecule has 11 aromatic rings. The van der Waals surface area contributed by atoms with Gasteiger partial charge >= 0.3 is 0 Å². The van der Waals surface area contributed by atoms with E-state index in [1.165, 1.54) is 65.9 Å². The monoisotopic (exact) mass is 690 g/mol. The van der Waals surface area contributed by atoms with Gasteiger partial charge in [0.2, 0.25) is 0 Å². The first-order chi connectivity index (χ1) is 26.5. The second-order valence-electron chi connectivity index (χ2n) is 15.3. The molecule has 0 fully saturated rings. The first-order valence-electron chi connectivity index (χ1n) is 18.8. The van der Waals surface area contributed by atoms with Gasteiger partial charge in [-0.05, 0) is 82.4 Å². The van der Waals surface area contributed by atoms with E-state index in [1.807, 2.05) is 12.1 Å². The van der Waals surface area contributed by atoms with E-state index in [9.17, 15) is 0 Å². The molecule has 0 amide bonds.